The maximum absolute atomic E-state index is 13.8. The number of nitrogens with one attached hydrogen (secondary N) is 3. The number of benzene rings is 2. The Morgan fingerprint density at radius 1 is 1.05 bits per heavy atom. The molecule has 12 nitrogen and oxygen atoms in total. The third-order valence-corrected chi connectivity index (χ3v) is 8.24. The summed E-state index contributed by atoms with van der Waals surface area (Å²) in [5.74, 6) is -0.563. The second kappa shape index (κ2) is 12.0. The molecule has 12 heteroatoms. The van der Waals surface area contributed by atoms with Gasteiger partial charge in [-0.05, 0) is 30.2 Å². The normalized spacial score (nSPS) is 20.9. The first kappa shape index (κ1) is 28.0. The summed E-state index contributed by atoms with van der Waals surface area (Å²) in [6.07, 6.45) is 1.94. The van der Waals surface area contributed by atoms with E-state index >= 15 is 0 Å². The number of rotatable bonds is 10. The van der Waals surface area contributed by atoms with E-state index in [1.807, 2.05) is 61.7 Å². The molecule has 0 unspecified atom stereocenters. The van der Waals surface area contributed by atoms with Crippen molar-refractivity contribution in [3.8, 4) is 0 Å². The number of hydrogen-bond donors (Lipinski definition) is 4. The third kappa shape index (κ3) is 5.52. The number of H-pyrrole nitrogens is 2. The first-order valence-electron chi connectivity index (χ1n) is 14.5. The number of para-hydroxylation sites is 3. The number of aryl methyl sites for hydroxylation is 1. The van der Waals surface area contributed by atoms with Crippen LogP contribution in [0.3, 0.4) is 0 Å². The molecule has 2 aliphatic heterocycles. The predicted molar refractivity (Wildman–Crippen MR) is 158 cm³/mol. The van der Waals surface area contributed by atoms with Gasteiger partial charge in [0.15, 0.2) is 6.29 Å². The molecule has 2 aromatic carbocycles. The van der Waals surface area contributed by atoms with Gasteiger partial charge in [-0.1, -0.05) is 37.3 Å². The van der Waals surface area contributed by atoms with Gasteiger partial charge in [-0.15, -0.1) is 0 Å². The van der Waals surface area contributed by atoms with Crippen LogP contribution in [0, 0.1) is 0 Å². The van der Waals surface area contributed by atoms with Crippen molar-refractivity contribution in [2.75, 3.05) is 39.4 Å². The molecule has 2 fully saturated rings. The number of amides is 3. The van der Waals surface area contributed by atoms with Crippen LogP contribution in [0.2, 0.25) is 0 Å². The van der Waals surface area contributed by atoms with Crippen LogP contribution >= 0.6 is 0 Å². The lowest BCUT2D eigenvalue weighted by Crippen LogP contribution is -2.53. The number of carbonyl (C=O) groups excluding carboxylic acids is 2. The molecule has 222 valence electrons. The van der Waals surface area contributed by atoms with Gasteiger partial charge in [0.25, 0.3) is 0 Å². The van der Waals surface area contributed by atoms with Crippen LogP contribution in [0.15, 0.2) is 59.5 Å². The Kier molecular flexibility index (Phi) is 8.00. The number of nitrogens with zero attached hydrogens (tertiary/aromatic N) is 3. The zero-order chi connectivity index (χ0) is 29.2. The van der Waals surface area contributed by atoms with Gasteiger partial charge >= 0.3 is 11.7 Å². The van der Waals surface area contributed by atoms with E-state index in [-0.39, 0.29) is 36.1 Å². The molecule has 0 spiro atoms. The fourth-order valence-electron chi connectivity index (χ4n) is 6.06. The Morgan fingerprint density at radius 3 is 2.60 bits per heavy atom. The molecule has 4 aromatic rings. The number of carbonyl (C=O) groups is 2. The van der Waals surface area contributed by atoms with Crippen molar-refractivity contribution >= 4 is 33.9 Å². The van der Waals surface area contributed by atoms with Crippen LogP contribution in [0.25, 0.3) is 21.9 Å². The lowest BCUT2D eigenvalue weighted by molar-refractivity contribution is -0.183. The van der Waals surface area contributed by atoms with Crippen molar-refractivity contribution in [2.24, 2.45) is 5.73 Å². The van der Waals surface area contributed by atoms with Gasteiger partial charge in [-0.25, -0.2) is 9.59 Å². The highest BCUT2D eigenvalue weighted by Gasteiger charge is 2.41. The van der Waals surface area contributed by atoms with E-state index in [2.05, 4.69) is 15.3 Å². The average Bonchev–Trinajstić information content (AvgIpc) is 3.68. The molecule has 4 heterocycles. The summed E-state index contributed by atoms with van der Waals surface area (Å²) in [4.78, 5) is 49.6. The van der Waals surface area contributed by atoms with Gasteiger partial charge in [-0.2, -0.15) is 0 Å². The summed E-state index contributed by atoms with van der Waals surface area (Å²) in [6, 6.07) is 14.4. The molecule has 5 N–H and O–H groups in total. The first-order chi connectivity index (χ1) is 20.4. The van der Waals surface area contributed by atoms with Crippen LogP contribution in [0.5, 0.6) is 0 Å². The summed E-state index contributed by atoms with van der Waals surface area (Å²) in [6.45, 7) is 4.73. The minimum Gasteiger partial charge on any atom is -0.361 e. The van der Waals surface area contributed by atoms with Crippen molar-refractivity contribution in [1.29, 1.82) is 0 Å². The topological polar surface area (TPSA) is 151 Å². The van der Waals surface area contributed by atoms with E-state index in [0.29, 0.717) is 45.8 Å². The monoisotopic (exact) mass is 575 g/mol. The minimum absolute atomic E-state index is 0.160. The van der Waals surface area contributed by atoms with Crippen molar-refractivity contribution in [1.82, 2.24) is 29.7 Å². The van der Waals surface area contributed by atoms with Gasteiger partial charge in [0.1, 0.15) is 6.04 Å². The highest BCUT2D eigenvalue weighted by Crippen LogP contribution is 2.32. The Bertz CT molecular complexity index is 1620. The lowest BCUT2D eigenvalue weighted by atomic mass is 9.91. The average molecular weight is 576 g/mol. The number of aromatic nitrogens is 3. The molecule has 0 aliphatic carbocycles. The summed E-state index contributed by atoms with van der Waals surface area (Å²) in [7, 11) is 0. The molecule has 0 radical (unpaired) electrons. The summed E-state index contributed by atoms with van der Waals surface area (Å²) in [5, 5.41) is 3.98. The largest absolute Gasteiger partial charge is 0.361 e. The summed E-state index contributed by atoms with van der Waals surface area (Å²) < 4.78 is 12.9. The van der Waals surface area contributed by atoms with Gasteiger partial charge in [0.05, 0.1) is 36.8 Å². The molecule has 2 saturated heterocycles. The van der Waals surface area contributed by atoms with Crippen LogP contribution in [0.1, 0.15) is 24.8 Å². The molecule has 0 bridgehead atoms. The standard InChI is InChI=1S/C30H37N7O5/c1-19(22-15-32-23-8-3-2-7-21(22)23)27(28(38)33-16-26-41-17-20(31)18-42-26)37-14-13-35(30(37)40)11-6-12-36-25-10-5-4-9-24(25)34-29(36)39/h2-5,7-10,15,19-20,26-27,32H,6,11-14,16-18,31H2,1H3,(H,33,38)(H,34,39)/t19-,20?,26?,27+/m0/s1. The number of urea groups is 1. The van der Waals surface area contributed by atoms with Crippen molar-refractivity contribution in [2.45, 2.75) is 44.2 Å². The zero-order valence-corrected chi connectivity index (χ0v) is 23.6. The number of nitrogens with two attached hydrogens (primary N) is 1. The fourth-order valence-corrected chi connectivity index (χ4v) is 6.06. The Balaban J connectivity index is 1.16. The van der Waals surface area contributed by atoms with Gasteiger partial charge < -0.3 is 40.3 Å². The van der Waals surface area contributed by atoms with Crippen molar-refractivity contribution < 1.29 is 19.1 Å². The number of hydrogen-bond acceptors (Lipinski definition) is 6. The quantitative estimate of drug-likeness (QED) is 0.227. The maximum Gasteiger partial charge on any atom is 0.326 e. The third-order valence-electron chi connectivity index (χ3n) is 8.24. The number of ether oxygens (including phenoxy) is 2. The molecule has 2 aliphatic rings. The fraction of sp³-hybridized carbons (Fsp3) is 0.433. The van der Waals surface area contributed by atoms with E-state index < -0.39 is 12.3 Å². The molecule has 0 saturated carbocycles. The molecule has 6 rings (SSSR count). The molecular weight excluding hydrogens is 538 g/mol. The van der Waals surface area contributed by atoms with Crippen LogP contribution in [0.4, 0.5) is 4.79 Å². The SMILES string of the molecule is C[C@@H](c1c[nH]c2ccccc12)[C@H](C(=O)NCC1OCC(N)CO1)N1CCN(CCCn2c(=O)[nH]c3ccccc32)C1=O. The van der Waals surface area contributed by atoms with E-state index in [0.717, 1.165) is 27.5 Å². The molecule has 42 heavy (non-hydrogen) atoms. The summed E-state index contributed by atoms with van der Waals surface area (Å²) >= 11 is 0. The lowest BCUT2D eigenvalue weighted by Gasteiger charge is -2.33. The molecule has 2 aromatic heterocycles. The second-order valence-electron chi connectivity index (χ2n) is 11.0. The second-order valence-corrected chi connectivity index (χ2v) is 11.0. The van der Waals surface area contributed by atoms with Gasteiger partial charge in [0.2, 0.25) is 5.91 Å². The van der Waals surface area contributed by atoms with Crippen LogP contribution in [-0.2, 0) is 20.8 Å². The van der Waals surface area contributed by atoms with E-state index in [4.69, 9.17) is 15.2 Å². The van der Waals surface area contributed by atoms with Crippen LogP contribution < -0.4 is 16.7 Å². The molecule has 2 atom stereocenters. The highest BCUT2D eigenvalue weighted by molar-refractivity contribution is 5.91. The van der Waals surface area contributed by atoms with Gasteiger partial charge in [0, 0.05) is 49.2 Å². The van der Waals surface area contributed by atoms with E-state index in [1.54, 1.807) is 14.4 Å². The van der Waals surface area contributed by atoms with Crippen LogP contribution in [-0.4, -0.2) is 94.0 Å². The van der Waals surface area contributed by atoms with Gasteiger partial charge in [-0.3, -0.25) is 9.36 Å². The number of imidazole rings is 1. The van der Waals surface area contributed by atoms with E-state index in [1.165, 1.54) is 0 Å². The van der Waals surface area contributed by atoms with Crippen molar-refractivity contribution in [3.63, 3.8) is 0 Å². The number of fused-ring (bicyclic) bond motifs is 2. The predicted octanol–water partition coefficient (Wildman–Crippen LogP) is 1.93. The molecular formula is C30H37N7O5. The van der Waals surface area contributed by atoms with E-state index in [9.17, 15) is 14.4 Å². The maximum atomic E-state index is 13.8. The molecule has 3 amide bonds. The van der Waals surface area contributed by atoms with Crippen molar-refractivity contribution in [3.05, 3.63) is 70.8 Å². The number of aromatic amines is 2. The first-order valence-corrected chi connectivity index (χ1v) is 14.5. The highest BCUT2D eigenvalue weighted by atomic mass is 16.7. The Labute approximate surface area is 242 Å². The minimum atomic E-state index is -0.746. The summed E-state index contributed by atoms with van der Waals surface area (Å²) in [5.41, 5.74) is 9.24. The smallest absolute Gasteiger partial charge is 0.326 e. The zero-order valence-electron chi connectivity index (χ0n) is 23.6. The Hall–Kier alpha value is -4.13. The Morgan fingerprint density at radius 2 is 1.79 bits per heavy atom.